The molecule has 1 aliphatic heterocycles. The molecule has 0 radical (unpaired) electrons. The molecule has 0 amide bonds. The van der Waals surface area contributed by atoms with Crippen LogP contribution in [0.1, 0.15) is 26.3 Å². The summed E-state index contributed by atoms with van der Waals surface area (Å²) in [5, 5.41) is 10.2. The molecule has 28 heavy (non-hydrogen) atoms. The van der Waals surface area contributed by atoms with E-state index in [9.17, 15) is 27.9 Å². The number of hydrogen-bond acceptors (Lipinski definition) is 5. The molecule has 0 spiro atoms. The first-order valence-corrected chi connectivity index (χ1v) is 9.46. The number of carbonyl (C=O) groups excluding carboxylic acids is 2. The van der Waals surface area contributed by atoms with Crippen molar-refractivity contribution in [3.05, 3.63) is 64.2 Å². The zero-order chi connectivity index (χ0) is 20.5. The minimum Gasteiger partial charge on any atom is -0.461 e. The molecule has 0 bridgehead atoms. The van der Waals surface area contributed by atoms with Gasteiger partial charge in [0.05, 0.1) is 22.8 Å². The predicted octanol–water partition coefficient (Wildman–Crippen LogP) is 4.48. The van der Waals surface area contributed by atoms with Crippen molar-refractivity contribution in [2.24, 2.45) is 5.41 Å². The van der Waals surface area contributed by atoms with Gasteiger partial charge < -0.3 is 9.84 Å². The lowest BCUT2D eigenvalue weighted by Gasteiger charge is -2.34. The Balaban J connectivity index is 1.84. The Morgan fingerprint density at radius 3 is 2.61 bits per heavy atom. The standard InChI is InChI=1S/C19H14ClF3O4S/c20-14-7-3-5-12-15(14)28-10-18(8-24,16(12)25)9-27-17(26)11-4-1-2-6-13(11)19(21,22)23/h1-7,24H,8-10H2. The van der Waals surface area contributed by atoms with Crippen molar-refractivity contribution >= 4 is 35.1 Å². The topological polar surface area (TPSA) is 63.6 Å². The molecule has 1 unspecified atom stereocenters. The Hall–Kier alpha value is -2.03. The molecule has 0 aromatic heterocycles. The Bertz CT molecular complexity index is 932. The molecule has 9 heteroatoms. The molecule has 2 aromatic carbocycles. The number of carbonyl (C=O) groups is 2. The summed E-state index contributed by atoms with van der Waals surface area (Å²) in [4.78, 5) is 25.7. The van der Waals surface area contributed by atoms with Gasteiger partial charge in [-0.25, -0.2) is 4.79 Å². The lowest BCUT2D eigenvalue weighted by Crippen LogP contribution is -2.44. The fourth-order valence-electron chi connectivity index (χ4n) is 2.86. The van der Waals surface area contributed by atoms with Crippen molar-refractivity contribution in [2.75, 3.05) is 19.0 Å². The molecule has 2 aromatic rings. The van der Waals surface area contributed by atoms with Gasteiger partial charge in [-0.3, -0.25) is 4.79 Å². The zero-order valence-electron chi connectivity index (χ0n) is 14.3. The number of alkyl halides is 3. The number of Topliss-reactive ketones (excluding diaryl/α,β-unsaturated/α-hetero) is 1. The van der Waals surface area contributed by atoms with Crippen LogP contribution in [0.4, 0.5) is 13.2 Å². The number of esters is 1. The molecule has 3 rings (SSSR count). The van der Waals surface area contributed by atoms with Crippen molar-refractivity contribution in [3.63, 3.8) is 0 Å². The molecule has 0 fully saturated rings. The van der Waals surface area contributed by atoms with Crippen LogP contribution in [-0.4, -0.2) is 35.8 Å². The fourth-order valence-corrected chi connectivity index (χ4v) is 4.44. The molecule has 1 N–H and O–H groups in total. The highest BCUT2D eigenvalue weighted by Gasteiger charge is 2.45. The number of rotatable bonds is 4. The number of ether oxygens (including phenoxy) is 1. The van der Waals surface area contributed by atoms with E-state index in [0.29, 0.717) is 9.92 Å². The molecular weight excluding hydrogens is 417 g/mol. The van der Waals surface area contributed by atoms with Gasteiger partial charge in [-0.15, -0.1) is 11.8 Å². The third-order valence-electron chi connectivity index (χ3n) is 4.42. The second-order valence-corrected chi connectivity index (χ2v) is 7.69. The summed E-state index contributed by atoms with van der Waals surface area (Å²) in [6.45, 7) is -1.18. The molecule has 0 saturated carbocycles. The minimum absolute atomic E-state index is 0.0767. The van der Waals surface area contributed by atoms with Crippen LogP contribution in [0.25, 0.3) is 0 Å². The maximum Gasteiger partial charge on any atom is 0.417 e. The van der Waals surface area contributed by atoms with E-state index < -0.39 is 47.7 Å². The average Bonchev–Trinajstić information content (AvgIpc) is 2.67. The van der Waals surface area contributed by atoms with E-state index in [2.05, 4.69) is 0 Å². The van der Waals surface area contributed by atoms with Crippen LogP contribution in [-0.2, 0) is 10.9 Å². The molecular formula is C19H14ClF3O4S. The van der Waals surface area contributed by atoms with Crippen LogP contribution in [0, 0.1) is 5.41 Å². The second kappa shape index (κ2) is 7.77. The smallest absolute Gasteiger partial charge is 0.417 e. The number of aliphatic hydroxyl groups is 1. The quantitative estimate of drug-likeness (QED) is 0.724. The van der Waals surface area contributed by atoms with E-state index in [1.807, 2.05) is 0 Å². The molecule has 0 saturated heterocycles. The lowest BCUT2D eigenvalue weighted by molar-refractivity contribution is -0.138. The van der Waals surface area contributed by atoms with E-state index in [1.165, 1.54) is 17.8 Å². The molecule has 1 heterocycles. The Morgan fingerprint density at radius 1 is 1.21 bits per heavy atom. The van der Waals surface area contributed by atoms with Gasteiger partial charge in [-0.05, 0) is 18.2 Å². The number of halogens is 4. The first kappa shape index (κ1) is 20.7. The van der Waals surface area contributed by atoms with Crippen LogP contribution in [0.15, 0.2) is 47.4 Å². The normalized spacial score (nSPS) is 19.2. The van der Waals surface area contributed by atoms with Crippen molar-refractivity contribution < 1.29 is 32.6 Å². The largest absolute Gasteiger partial charge is 0.461 e. The van der Waals surface area contributed by atoms with Gasteiger partial charge in [0.15, 0.2) is 5.78 Å². The molecule has 1 atom stereocenters. The van der Waals surface area contributed by atoms with Crippen LogP contribution >= 0.6 is 23.4 Å². The molecule has 1 aliphatic rings. The molecule has 148 valence electrons. The third kappa shape index (κ3) is 3.76. The number of hydrogen-bond donors (Lipinski definition) is 1. The first-order chi connectivity index (χ1) is 13.2. The van der Waals surface area contributed by atoms with Gasteiger partial charge in [-0.1, -0.05) is 35.9 Å². The van der Waals surface area contributed by atoms with Gasteiger partial charge >= 0.3 is 12.1 Å². The Kier molecular flexibility index (Phi) is 5.74. The third-order valence-corrected chi connectivity index (χ3v) is 6.27. The summed E-state index contributed by atoms with van der Waals surface area (Å²) in [7, 11) is 0. The summed E-state index contributed by atoms with van der Waals surface area (Å²) < 4.78 is 44.3. The summed E-state index contributed by atoms with van der Waals surface area (Å²) in [6, 6.07) is 8.98. The second-order valence-electron chi connectivity index (χ2n) is 6.29. The summed E-state index contributed by atoms with van der Waals surface area (Å²) in [6.07, 6.45) is -4.73. The monoisotopic (exact) mass is 430 g/mol. The number of benzene rings is 2. The number of fused-ring (bicyclic) bond motifs is 1. The molecule has 0 aliphatic carbocycles. The van der Waals surface area contributed by atoms with Crippen molar-refractivity contribution in [1.82, 2.24) is 0 Å². The maximum absolute atomic E-state index is 13.1. The van der Waals surface area contributed by atoms with Gasteiger partial charge in [0.1, 0.15) is 12.0 Å². The highest BCUT2D eigenvalue weighted by atomic mass is 35.5. The lowest BCUT2D eigenvalue weighted by atomic mass is 9.83. The zero-order valence-corrected chi connectivity index (χ0v) is 15.8. The van der Waals surface area contributed by atoms with E-state index in [-0.39, 0.29) is 11.3 Å². The van der Waals surface area contributed by atoms with Crippen molar-refractivity contribution in [1.29, 1.82) is 0 Å². The number of thioether (sulfide) groups is 1. The van der Waals surface area contributed by atoms with Gasteiger partial charge in [-0.2, -0.15) is 13.2 Å². The SMILES string of the molecule is O=C(OCC1(CO)CSc2c(Cl)cccc2C1=O)c1ccccc1C(F)(F)F. The number of aliphatic hydroxyl groups excluding tert-OH is 1. The van der Waals surface area contributed by atoms with Gasteiger partial charge in [0.25, 0.3) is 0 Å². The van der Waals surface area contributed by atoms with Crippen molar-refractivity contribution in [2.45, 2.75) is 11.1 Å². The summed E-state index contributed by atoms with van der Waals surface area (Å²) >= 11 is 7.31. The van der Waals surface area contributed by atoms with E-state index in [4.69, 9.17) is 16.3 Å². The molecule has 4 nitrogen and oxygen atoms in total. The van der Waals surface area contributed by atoms with E-state index in [1.54, 1.807) is 18.2 Å². The van der Waals surface area contributed by atoms with Crippen LogP contribution < -0.4 is 0 Å². The van der Waals surface area contributed by atoms with Crippen LogP contribution in [0.2, 0.25) is 5.02 Å². The van der Waals surface area contributed by atoms with E-state index >= 15 is 0 Å². The van der Waals surface area contributed by atoms with Gasteiger partial charge in [0, 0.05) is 16.2 Å². The summed E-state index contributed by atoms with van der Waals surface area (Å²) in [5.41, 5.74) is -2.95. The highest BCUT2D eigenvalue weighted by Crippen LogP contribution is 2.43. The highest BCUT2D eigenvalue weighted by molar-refractivity contribution is 7.99. The maximum atomic E-state index is 13.1. The number of ketones is 1. The van der Waals surface area contributed by atoms with Gasteiger partial charge in [0.2, 0.25) is 0 Å². The van der Waals surface area contributed by atoms with Crippen LogP contribution in [0.5, 0.6) is 0 Å². The Morgan fingerprint density at radius 2 is 1.93 bits per heavy atom. The van der Waals surface area contributed by atoms with Crippen LogP contribution in [0.3, 0.4) is 0 Å². The summed E-state index contributed by atoms with van der Waals surface area (Å²) in [5.74, 6) is -1.61. The van der Waals surface area contributed by atoms with Crippen molar-refractivity contribution in [3.8, 4) is 0 Å². The minimum atomic E-state index is -4.73. The van der Waals surface area contributed by atoms with E-state index in [0.717, 1.165) is 18.2 Å². The first-order valence-electron chi connectivity index (χ1n) is 8.10. The fraction of sp³-hybridized carbons (Fsp3) is 0.263. The predicted molar refractivity (Wildman–Crippen MR) is 97.8 cm³/mol. The Labute approximate surface area is 167 Å². The average molecular weight is 431 g/mol.